The van der Waals surface area contributed by atoms with Crippen molar-refractivity contribution < 1.29 is 14.6 Å². The van der Waals surface area contributed by atoms with E-state index >= 15 is 0 Å². The van der Waals surface area contributed by atoms with Gasteiger partial charge >= 0.3 is 6.03 Å². The van der Waals surface area contributed by atoms with Gasteiger partial charge < -0.3 is 20.1 Å². The Morgan fingerprint density at radius 2 is 2.12 bits per heavy atom. The summed E-state index contributed by atoms with van der Waals surface area (Å²) < 4.78 is 5.23. The van der Waals surface area contributed by atoms with Gasteiger partial charge in [0.15, 0.2) is 0 Å². The van der Waals surface area contributed by atoms with E-state index in [0.717, 1.165) is 39.2 Å². The first-order valence-electron chi connectivity index (χ1n) is 6.26. The molecule has 6 nitrogen and oxygen atoms in total. The number of aliphatic hydroxyl groups excluding tert-OH is 1. The number of ether oxygens (including phenoxy) is 1. The van der Waals surface area contributed by atoms with E-state index in [0.29, 0.717) is 13.2 Å². The highest BCUT2D eigenvalue weighted by atomic mass is 16.5. The van der Waals surface area contributed by atoms with Gasteiger partial charge in [-0.3, -0.25) is 4.90 Å². The number of hydrogen-bond donors (Lipinski definition) is 2. The molecule has 2 aliphatic heterocycles. The summed E-state index contributed by atoms with van der Waals surface area (Å²) in [6.07, 6.45) is 0.913. The van der Waals surface area contributed by atoms with Crippen molar-refractivity contribution in [2.45, 2.75) is 12.5 Å². The molecule has 0 bridgehead atoms. The van der Waals surface area contributed by atoms with Crippen LogP contribution in [0.1, 0.15) is 6.42 Å². The van der Waals surface area contributed by atoms with Crippen LogP contribution in [-0.2, 0) is 4.74 Å². The molecule has 2 heterocycles. The van der Waals surface area contributed by atoms with E-state index in [-0.39, 0.29) is 18.7 Å². The second-order valence-corrected chi connectivity index (χ2v) is 4.56. The fourth-order valence-corrected chi connectivity index (χ4v) is 2.23. The molecule has 98 valence electrons. The Morgan fingerprint density at radius 1 is 1.35 bits per heavy atom. The lowest BCUT2D eigenvalue weighted by Gasteiger charge is -2.34. The largest absolute Gasteiger partial charge is 0.395 e. The minimum Gasteiger partial charge on any atom is -0.395 e. The fourth-order valence-electron chi connectivity index (χ4n) is 2.23. The van der Waals surface area contributed by atoms with E-state index in [1.54, 1.807) is 0 Å². The maximum atomic E-state index is 11.9. The van der Waals surface area contributed by atoms with Crippen molar-refractivity contribution in [1.29, 1.82) is 0 Å². The van der Waals surface area contributed by atoms with Crippen molar-refractivity contribution >= 4 is 6.03 Å². The molecule has 2 rings (SSSR count). The molecule has 0 aromatic rings. The molecule has 0 spiro atoms. The third-order valence-electron chi connectivity index (χ3n) is 3.33. The van der Waals surface area contributed by atoms with Crippen molar-refractivity contribution in [2.24, 2.45) is 0 Å². The topological polar surface area (TPSA) is 65.0 Å². The van der Waals surface area contributed by atoms with Crippen molar-refractivity contribution in [3.63, 3.8) is 0 Å². The molecule has 1 atom stereocenters. The number of β-amino-alcohol motifs (C(OH)–C–C–N with tert-alkyl or cyclic N) is 1. The Kier molecular flexibility index (Phi) is 4.58. The average Bonchev–Trinajstić information content (AvgIpc) is 2.83. The maximum Gasteiger partial charge on any atom is 0.317 e. The van der Waals surface area contributed by atoms with E-state index in [1.807, 2.05) is 4.90 Å². The van der Waals surface area contributed by atoms with Gasteiger partial charge in [0.25, 0.3) is 0 Å². The Hall–Kier alpha value is -0.850. The first-order chi connectivity index (χ1) is 8.29. The van der Waals surface area contributed by atoms with Crippen LogP contribution < -0.4 is 5.32 Å². The quantitative estimate of drug-likeness (QED) is 0.674. The van der Waals surface area contributed by atoms with Crippen LogP contribution in [0.4, 0.5) is 4.79 Å². The van der Waals surface area contributed by atoms with Gasteiger partial charge in [-0.2, -0.15) is 0 Å². The summed E-state index contributed by atoms with van der Waals surface area (Å²) in [5.74, 6) is 0. The monoisotopic (exact) mass is 243 g/mol. The van der Waals surface area contributed by atoms with Crippen LogP contribution in [-0.4, -0.2) is 79.5 Å². The standard InChI is InChI=1S/C11H21N3O3/c15-7-6-13-2-4-14(5-3-13)11(16)12-10-1-8-17-9-10/h10,15H,1-9H2,(H,12,16). The minimum atomic E-state index is 0.0177. The predicted octanol–water partition coefficient (Wildman–Crippen LogP) is -0.905. The summed E-state index contributed by atoms with van der Waals surface area (Å²) in [6.45, 7) is 5.42. The smallest absolute Gasteiger partial charge is 0.317 e. The lowest BCUT2D eigenvalue weighted by Crippen LogP contribution is -2.53. The van der Waals surface area contributed by atoms with Gasteiger partial charge in [0.1, 0.15) is 0 Å². The number of aliphatic hydroxyl groups is 1. The normalized spacial score (nSPS) is 26.2. The lowest BCUT2D eigenvalue weighted by molar-refractivity contribution is 0.120. The predicted molar refractivity (Wildman–Crippen MR) is 62.9 cm³/mol. The fraction of sp³-hybridized carbons (Fsp3) is 0.909. The molecule has 0 aliphatic carbocycles. The second kappa shape index (κ2) is 6.18. The summed E-state index contributed by atoms with van der Waals surface area (Å²) in [4.78, 5) is 15.9. The van der Waals surface area contributed by atoms with E-state index < -0.39 is 0 Å². The third kappa shape index (κ3) is 3.55. The van der Waals surface area contributed by atoms with Gasteiger partial charge in [0.2, 0.25) is 0 Å². The number of amides is 2. The molecule has 6 heteroatoms. The summed E-state index contributed by atoms with van der Waals surface area (Å²) in [6, 6.07) is 0.196. The van der Waals surface area contributed by atoms with Gasteiger partial charge in [0, 0.05) is 39.3 Å². The second-order valence-electron chi connectivity index (χ2n) is 4.56. The minimum absolute atomic E-state index is 0.0177. The number of carbonyl (C=O) groups excluding carboxylic acids is 1. The number of nitrogens with one attached hydrogen (secondary N) is 1. The Morgan fingerprint density at radius 3 is 2.71 bits per heavy atom. The van der Waals surface area contributed by atoms with Crippen LogP contribution in [0.15, 0.2) is 0 Å². The number of hydrogen-bond acceptors (Lipinski definition) is 4. The molecule has 2 fully saturated rings. The highest BCUT2D eigenvalue weighted by Crippen LogP contribution is 2.06. The van der Waals surface area contributed by atoms with E-state index in [4.69, 9.17) is 9.84 Å². The van der Waals surface area contributed by atoms with Gasteiger partial charge in [0.05, 0.1) is 19.3 Å². The Bertz CT molecular complexity index is 248. The van der Waals surface area contributed by atoms with Crippen LogP contribution in [0.25, 0.3) is 0 Å². The summed E-state index contributed by atoms with van der Waals surface area (Å²) in [5, 5.41) is 11.8. The number of urea groups is 1. The number of nitrogens with zero attached hydrogens (tertiary/aromatic N) is 2. The van der Waals surface area contributed by atoms with E-state index in [1.165, 1.54) is 0 Å². The van der Waals surface area contributed by atoms with Gasteiger partial charge in [-0.15, -0.1) is 0 Å². The number of carbonyl (C=O) groups is 1. The molecule has 17 heavy (non-hydrogen) atoms. The molecule has 0 saturated carbocycles. The molecule has 2 aliphatic rings. The highest BCUT2D eigenvalue weighted by molar-refractivity contribution is 5.74. The van der Waals surface area contributed by atoms with Crippen LogP contribution in [0.5, 0.6) is 0 Å². The molecule has 0 aromatic heterocycles. The highest BCUT2D eigenvalue weighted by Gasteiger charge is 2.24. The van der Waals surface area contributed by atoms with Crippen molar-refractivity contribution in [1.82, 2.24) is 15.1 Å². The molecule has 0 radical (unpaired) electrons. The van der Waals surface area contributed by atoms with Crippen LogP contribution in [0, 0.1) is 0 Å². The average molecular weight is 243 g/mol. The van der Waals surface area contributed by atoms with Crippen LogP contribution in [0.2, 0.25) is 0 Å². The SMILES string of the molecule is O=C(NC1CCOC1)N1CCN(CCO)CC1. The molecule has 2 amide bonds. The molecular weight excluding hydrogens is 222 g/mol. The summed E-state index contributed by atoms with van der Waals surface area (Å²) in [5.41, 5.74) is 0. The first kappa shape index (κ1) is 12.6. The Balaban J connectivity index is 1.70. The van der Waals surface area contributed by atoms with Crippen LogP contribution >= 0.6 is 0 Å². The Labute approximate surface area is 102 Å². The maximum absolute atomic E-state index is 11.9. The van der Waals surface area contributed by atoms with Gasteiger partial charge in [-0.05, 0) is 6.42 Å². The van der Waals surface area contributed by atoms with Gasteiger partial charge in [-0.25, -0.2) is 4.79 Å². The summed E-state index contributed by atoms with van der Waals surface area (Å²) in [7, 11) is 0. The zero-order valence-corrected chi connectivity index (χ0v) is 10.1. The zero-order chi connectivity index (χ0) is 12.1. The molecule has 0 aromatic carbocycles. The summed E-state index contributed by atoms with van der Waals surface area (Å²) >= 11 is 0. The van der Waals surface area contributed by atoms with Crippen LogP contribution in [0.3, 0.4) is 0 Å². The van der Waals surface area contributed by atoms with Crippen molar-refractivity contribution in [2.75, 3.05) is 52.5 Å². The van der Waals surface area contributed by atoms with Crippen molar-refractivity contribution in [3.05, 3.63) is 0 Å². The first-order valence-corrected chi connectivity index (χ1v) is 6.26. The molecule has 1 unspecified atom stereocenters. The van der Waals surface area contributed by atoms with E-state index in [2.05, 4.69) is 10.2 Å². The lowest BCUT2D eigenvalue weighted by atomic mass is 10.2. The number of rotatable bonds is 3. The zero-order valence-electron chi connectivity index (χ0n) is 10.1. The number of piperazine rings is 1. The van der Waals surface area contributed by atoms with E-state index in [9.17, 15) is 4.79 Å². The molecule has 2 saturated heterocycles. The van der Waals surface area contributed by atoms with Gasteiger partial charge in [-0.1, -0.05) is 0 Å². The van der Waals surface area contributed by atoms with Crippen molar-refractivity contribution in [3.8, 4) is 0 Å². The molecular formula is C11H21N3O3. The third-order valence-corrected chi connectivity index (χ3v) is 3.33. The molecule has 2 N–H and O–H groups in total.